The van der Waals surface area contributed by atoms with Crippen molar-refractivity contribution in [2.45, 2.75) is 26.4 Å². The molecule has 1 heterocycles. The summed E-state index contributed by atoms with van der Waals surface area (Å²) in [4.78, 5) is 15.9. The van der Waals surface area contributed by atoms with E-state index in [2.05, 4.69) is 34.1 Å². The molecular weight excluding hydrogens is 252 g/mol. The number of rotatable bonds is 5. The summed E-state index contributed by atoms with van der Waals surface area (Å²) < 4.78 is 0. The zero-order chi connectivity index (χ0) is 14.5. The smallest absolute Gasteiger partial charge is 0.321 e. The van der Waals surface area contributed by atoms with Gasteiger partial charge in [-0.05, 0) is 11.5 Å². The van der Waals surface area contributed by atoms with Gasteiger partial charge in [-0.25, -0.2) is 0 Å². The molecule has 0 amide bonds. The van der Waals surface area contributed by atoms with Gasteiger partial charge < -0.3 is 5.11 Å². The molecule has 110 valence electrons. The van der Waals surface area contributed by atoms with Gasteiger partial charge in [0.2, 0.25) is 0 Å². The zero-order valence-electron chi connectivity index (χ0n) is 12.3. The number of hydrogen-bond acceptors (Lipinski definition) is 3. The fourth-order valence-corrected chi connectivity index (χ4v) is 2.90. The van der Waals surface area contributed by atoms with Gasteiger partial charge in [-0.2, -0.15) is 0 Å². The van der Waals surface area contributed by atoms with E-state index in [-0.39, 0.29) is 12.0 Å². The standard InChI is InChI=1S/C16H24N2O2/c1-13(2)15(16(19)20)18-10-8-17(9-11-18)12-14-6-4-3-5-7-14/h3-7,13,15H,8-12H2,1-2H3,(H,19,20). The number of carbonyl (C=O) groups is 1. The van der Waals surface area contributed by atoms with Gasteiger partial charge in [0.05, 0.1) is 0 Å². The van der Waals surface area contributed by atoms with Crippen molar-refractivity contribution in [1.82, 2.24) is 9.80 Å². The van der Waals surface area contributed by atoms with Crippen LogP contribution >= 0.6 is 0 Å². The third-order valence-electron chi connectivity index (χ3n) is 3.93. The summed E-state index contributed by atoms with van der Waals surface area (Å²) in [6.07, 6.45) is 0. The predicted octanol–water partition coefficient (Wildman–Crippen LogP) is 1.91. The van der Waals surface area contributed by atoms with Crippen molar-refractivity contribution in [2.75, 3.05) is 26.2 Å². The summed E-state index contributed by atoms with van der Waals surface area (Å²) in [6.45, 7) is 8.46. The van der Waals surface area contributed by atoms with E-state index >= 15 is 0 Å². The Morgan fingerprint density at radius 3 is 2.25 bits per heavy atom. The predicted molar refractivity (Wildman–Crippen MR) is 79.6 cm³/mol. The van der Waals surface area contributed by atoms with Crippen LogP contribution in [0.15, 0.2) is 30.3 Å². The van der Waals surface area contributed by atoms with Crippen LogP contribution in [0.4, 0.5) is 0 Å². The fraction of sp³-hybridized carbons (Fsp3) is 0.562. The van der Waals surface area contributed by atoms with Crippen LogP contribution in [-0.2, 0) is 11.3 Å². The lowest BCUT2D eigenvalue weighted by atomic mass is 10.0. The molecule has 0 spiro atoms. The van der Waals surface area contributed by atoms with Crippen LogP contribution < -0.4 is 0 Å². The Labute approximate surface area is 121 Å². The molecule has 1 aliphatic heterocycles. The highest BCUT2D eigenvalue weighted by Crippen LogP contribution is 2.15. The molecule has 1 aromatic carbocycles. The lowest BCUT2D eigenvalue weighted by Crippen LogP contribution is -2.54. The number of carboxylic acid groups (broad SMARTS) is 1. The number of benzene rings is 1. The number of piperazine rings is 1. The maximum atomic E-state index is 11.4. The number of nitrogens with zero attached hydrogens (tertiary/aromatic N) is 2. The molecular formula is C16H24N2O2. The van der Waals surface area contributed by atoms with Gasteiger partial charge in [0.15, 0.2) is 0 Å². The van der Waals surface area contributed by atoms with Crippen molar-refractivity contribution < 1.29 is 9.90 Å². The molecule has 1 N–H and O–H groups in total. The minimum absolute atomic E-state index is 0.146. The first kappa shape index (κ1) is 15.0. The zero-order valence-corrected chi connectivity index (χ0v) is 12.3. The highest BCUT2D eigenvalue weighted by atomic mass is 16.4. The van der Waals surface area contributed by atoms with E-state index in [4.69, 9.17) is 0 Å². The monoisotopic (exact) mass is 276 g/mol. The minimum Gasteiger partial charge on any atom is -0.480 e. The van der Waals surface area contributed by atoms with Gasteiger partial charge in [0, 0.05) is 32.7 Å². The minimum atomic E-state index is -0.698. The molecule has 1 aliphatic rings. The van der Waals surface area contributed by atoms with E-state index < -0.39 is 5.97 Å². The second-order valence-electron chi connectivity index (χ2n) is 5.82. The number of aliphatic carboxylic acids is 1. The molecule has 0 aromatic heterocycles. The normalized spacial score (nSPS) is 19.1. The Kier molecular flexibility index (Phi) is 5.15. The molecule has 2 rings (SSSR count). The van der Waals surface area contributed by atoms with Crippen molar-refractivity contribution in [3.8, 4) is 0 Å². The van der Waals surface area contributed by atoms with E-state index in [1.54, 1.807) is 0 Å². The summed E-state index contributed by atoms with van der Waals surface area (Å²) in [5.74, 6) is -0.551. The van der Waals surface area contributed by atoms with Crippen molar-refractivity contribution in [3.05, 3.63) is 35.9 Å². The summed E-state index contributed by atoms with van der Waals surface area (Å²) >= 11 is 0. The molecule has 4 heteroatoms. The molecule has 4 nitrogen and oxygen atoms in total. The molecule has 0 bridgehead atoms. The fourth-order valence-electron chi connectivity index (χ4n) is 2.90. The Balaban J connectivity index is 1.87. The molecule has 1 fully saturated rings. The maximum Gasteiger partial charge on any atom is 0.321 e. The molecule has 0 saturated carbocycles. The number of hydrogen-bond donors (Lipinski definition) is 1. The molecule has 0 aliphatic carbocycles. The summed E-state index contributed by atoms with van der Waals surface area (Å²) in [5, 5.41) is 9.34. The molecule has 1 aromatic rings. The van der Waals surface area contributed by atoms with Crippen molar-refractivity contribution in [1.29, 1.82) is 0 Å². The van der Waals surface area contributed by atoms with Gasteiger partial charge in [-0.15, -0.1) is 0 Å². The lowest BCUT2D eigenvalue weighted by Gasteiger charge is -2.39. The van der Waals surface area contributed by atoms with E-state index in [0.29, 0.717) is 0 Å². The van der Waals surface area contributed by atoms with Crippen molar-refractivity contribution >= 4 is 5.97 Å². The van der Waals surface area contributed by atoms with E-state index in [1.165, 1.54) is 5.56 Å². The molecule has 20 heavy (non-hydrogen) atoms. The van der Waals surface area contributed by atoms with Crippen LogP contribution in [0.3, 0.4) is 0 Å². The average molecular weight is 276 g/mol. The lowest BCUT2D eigenvalue weighted by molar-refractivity contribution is -0.146. The van der Waals surface area contributed by atoms with Gasteiger partial charge in [-0.1, -0.05) is 44.2 Å². The van der Waals surface area contributed by atoms with Gasteiger partial charge in [-0.3, -0.25) is 14.6 Å². The highest BCUT2D eigenvalue weighted by Gasteiger charge is 2.30. The van der Waals surface area contributed by atoms with Crippen LogP contribution in [-0.4, -0.2) is 53.1 Å². The second kappa shape index (κ2) is 6.86. The quantitative estimate of drug-likeness (QED) is 0.892. The van der Waals surface area contributed by atoms with Crippen LogP contribution in [0.5, 0.6) is 0 Å². The van der Waals surface area contributed by atoms with E-state index in [1.807, 2.05) is 19.9 Å². The first-order valence-electron chi connectivity index (χ1n) is 7.31. The SMILES string of the molecule is CC(C)C(C(=O)O)N1CCN(Cc2ccccc2)CC1. The van der Waals surface area contributed by atoms with E-state index in [9.17, 15) is 9.90 Å². The summed E-state index contributed by atoms with van der Waals surface area (Å²) in [5.41, 5.74) is 1.32. The first-order valence-corrected chi connectivity index (χ1v) is 7.31. The Hall–Kier alpha value is -1.39. The molecule has 1 saturated heterocycles. The molecule has 1 unspecified atom stereocenters. The number of carboxylic acids is 1. The molecule has 1 atom stereocenters. The third-order valence-corrected chi connectivity index (χ3v) is 3.93. The van der Waals surface area contributed by atoms with Gasteiger partial charge >= 0.3 is 5.97 Å². The van der Waals surface area contributed by atoms with Crippen molar-refractivity contribution in [3.63, 3.8) is 0 Å². The maximum absolute atomic E-state index is 11.4. The van der Waals surface area contributed by atoms with Crippen LogP contribution in [0.25, 0.3) is 0 Å². The largest absolute Gasteiger partial charge is 0.480 e. The van der Waals surface area contributed by atoms with Gasteiger partial charge in [0.1, 0.15) is 6.04 Å². The highest BCUT2D eigenvalue weighted by molar-refractivity contribution is 5.73. The van der Waals surface area contributed by atoms with Gasteiger partial charge in [0.25, 0.3) is 0 Å². The van der Waals surface area contributed by atoms with Crippen LogP contribution in [0.2, 0.25) is 0 Å². The topological polar surface area (TPSA) is 43.8 Å². The first-order chi connectivity index (χ1) is 9.58. The Morgan fingerprint density at radius 1 is 1.15 bits per heavy atom. The summed E-state index contributed by atoms with van der Waals surface area (Å²) in [6, 6.07) is 10.1. The Morgan fingerprint density at radius 2 is 1.75 bits per heavy atom. The second-order valence-corrected chi connectivity index (χ2v) is 5.82. The third kappa shape index (κ3) is 3.81. The summed E-state index contributed by atoms with van der Waals surface area (Å²) in [7, 11) is 0. The van der Waals surface area contributed by atoms with Crippen LogP contribution in [0.1, 0.15) is 19.4 Å². The van der Waals surface area contributed by atoms with E-state index in [0.717, 1.165) is 32.7 Å². The average Bonchev–Trinajstić information content (AvgIpc) is 2.41. The van der Waals surface area contributed by atoms with Crippen molar-refractivity contribution in [2.24, 2.45) is 5.92 Å². The van der Waals surface area contributed by atoms with Crippen LogP contribution in [0, 0.1) is 5.92 Å². The molecule has 0 radical (unpaired) electrons. The Bertz CT molecular complexity index is 425.